The maximum Gasteiger partial charge on any atom is 0.355 e. The third kappa shape index (κ3) is 3.89. The Morgan fingerprint density at radius 1 is 1.04 bits per heavy atom. The SMILES string of the molecule is CC(=O)NC(=Cc1ccccc1)C(=O)OCC(=O)C12CC3CC(CC(C3)C1)C2. The average molecular weight is 381 g/mol. The van der Waals surface area contributed by atoms with Crippen LogP contribution < -0.4 is 5.32 Å². The number of carbonyl (C=O) groups excluding carboxylic acids is 3. The predicted molar refractivity (Wildman–Crippen MR) is 105 cm³/mol. The van der Waals surface area contributed by atoms with Crippen LogP contribution in [-0.4, -0.2) is 24.3 Å². The third-order valence-corrected chi connectivity index (χ3v) is 6.61. The minimum atomic E-state index is -0.669. The topological polar surface area (TPSA) is 72.5 Å². The van der Waals surface area contributed by atoms with E-state index in [0.717, 1.165) is 24.8 Å². The molecule has 5 heteroatoms. The molecule has 148 valence electrons. The summed E-state index contributed by atoms with van der Waals surface area (Å²) in [6.45, 7) is 1.13. The van der Waals surface area contributed by atoms with Crippen LogP contribution in [-0.2, 0) is 19.1 Å². The molecule has 0 atom stereocenters. The molecule has 4 saturated carbocycles. The molecule has 0 saturated heterocycles. The minimum Gasteiger partial charge on any atom is -0.453 e. The van der Waals surface area contributed by atoms with Crippen molar-refractivity contribution in [3.8, 4) is 0 Å². The van der Waals surface area contributed by atoms with E-state index >= 15 is 0 Å². The largest absolute Gasteiger partial charge is 0.453 e. The molecule has 28 heavy (non-hydrogen) atoms. The number of ether oxygens (including phenoxy) is 1. The molecule has 1 amide bonds. The fraction of sp³-hybridized carbons (Fsp3) is 0.522. The normalized spacial score (nSPS) is 30.8. The van der Waals surface area contributed by atoms with Crippen LogP contribution in [0.25, 0.3) is 6.08 Å². The Hall–Kier alpha value is -2.43. The number of Topliss-reactive ketones (excluding diaryl/α,β-unsaturated/α-hetero) is 1. The van der Waals surface area contributed by atoms with Crippen molar-refractivity contribution in [2.24, 2.45) is 23.2 Å². The number of benzene rings is 1. The molecule has 4 aliphatic rings. The van der Waals surface area contributed by atoms with Gasteiger partial charge in [0.05, 0.1) is 0 Å². The van der Waals surface area contributed by atoms with Gasteiger partial charge in [-0.2, -0.15) is 0 Å². The van der Waals surface area contributed by atoms with E-state index < -0.39 is 5.97 Å². The number of nitrogens with one attached hydrogen (secondary N) is 1. The van der Waals surface area contributed by atoms with E-state index in [1.165, 1.54) is 26.2 Å². The molecular formula is C23H27NO4. The third-order valence-electron chi connectivity index (χ3n) is 6.61. The summed E-state index contributed by atoms with van der Waals surface area (Å²) < 4.78 is 5.36. The Morgan fingerprint density at radius 3 is 2.14 bits per heavy atom. The van der Waals surface area contributed by atoms with Gasteiger partial charge in [-0.05, 0) is 67.9 Å². The van der Waals surface area contributed by atoms with E-state index in [4.69, 9.17) is 4.74 Å². The first-order valence-electron chi connectivity index (χ1n) is 10.2. The van der Waals surface area contributed by atoms with Crippen LogP contribution >= 0.6 is 0 Å². The number of rotatable bonds is 6. The molecule has 5 nitrogen and oxygen atoms in total. The van der Waals surface area contributed by atoms with Crippen molar-refractivity contribution in [2.75, 3.05) is 6.61 Å². The molecule has 0 aliphatic heterocycles. The quantitative estimate of drug-likeness (QED) is 0.605. The van der Waals surface area contributed by atoms with Crippen LogP contribution in [0.2, 0.25) is 0 Å². The highest BCUT2D eigenvalue weighted by molar-refractivity contribution is 5.99. The Morgan fingerprint density at radius 2 is 1.61 bits per heavy atom. The van der Waals surface area contributed by atoms with Crippen molar-refractivity contribution < 1.29 is 19.1 Å². The van der Waals surface area contributed by atoms with Gasteiger partial charge in [0.2, 0.25) is 5.91 Å². The molecule has 0 aromatic heterocycles. The van der Waals surface area contributed by atoms with Gasteiger partial charge in [0.15, 0.2) is 12.4 Å². The minimum absolute atomic E-state index is 0.0528. The summed E-state index contributed by atoms with van der Waals surface area (Å²) in [6, 6.07) is 9.22. The van der Waals surface area contributed by atoms with Gasteiger partial charge in [0, 0.05) is 12.3 Å². The van der Waals surface area contributed by atoms with Crippen molar-refractivity contribution in [1.29, 1.82) is 0 Å². The summed E-state index contributed by atoms with van der Waals surface area (Å²) in [7, 11) is 0. The number of hydrogen-bond donors (Lipinski definition) is 1. The average Bonchev–Trinajstić information content (AvgIpc) is 2.64. The molecule has 4 fully saturated rings. The highest BCUT2D eigenvalue weighted by Crippen LogP contribution is 2.60. The van der Waals surface area contributed by atoms with Crippen LogP contribution in [0.3, 0.4) is 0 Å². The van der Waals surface area contributed by atoms with Crippen molar-refractivity contribution in [3.63, 3.8) is 0 Å². The van der Waals surface area contributed by atoms with Crippen LogP contribution in [0.1, 0.15) is 51.0 Å². The van der Waals surface area contributed by atoms with Gasteiger partial charge in [-0.1, -0.05) is 30.3 Å². The second-order valence-corrected chi connectivity index (χ2v) is 8.85. The highest BCUT2D eigenvalue weighted by Gasteiger charge is 2.54. The summed E-state index contributed by atoms with van der Waals surface area (Å²) in [6.07, 6.45) is 8.21. The molecule has 0 heterocycles. The van der Waals surface area contributed by atoms with E-state index in [2.05, 4.69) is 5.32 Å². The zero-order valence-corrected chi connectivity index (χ0v) is 16.3. The Labute approximate surface area is 165 Å². The second-order valence-electron chi connectivity index (χ2n) is 8.85. The molecule has 4 aliphatic carbocycles. The van der Waals surface area contributed by atoms with Gasteiger partial charge >= 0.3 is 5.97 Å². The first-order valence-corrected chi connectivity index (χ1v) is 10.2. The van der Waals surface area contributed by atoms with Crippen molar-refractivity contribution in [3.05, 3.63) is 41.6 Å². The molecule has 5 rings (SSSR count). The number of carbonyl (C=O) groups is 3. The summed E-state index contributed by atoms with van der Waals surface area (Å²) in [5, 5.41) is 2.52. The highest BCUT2D eigenvalue weighted by atomic mass is 16.5. The lowest BCUT2D eigenvalue weighted by Gasteiger charge is -2.55. The lowest BCUT2D eigenvalue weighted by atomic mass is 9.48. The first-order chi connectivity index (χ1) is 13.4. The van der Waals surface area contributed by atoms with E-state index in [9.17, 15) is 14.4 Å². The van der Waals surface area contributed by atoms with Crippen LogP contribution in [0, 0.1) is 23.2 Å². The zero-order chi connectivity index (χ0) is 19.7. The summed E-state index contributed by atoms with van der Waals surface area (Å²) >= 11 is 0. The van der Waals surface area contributed by atoms with Gasteiger partial charge in [-0.3, -0.25) is 9.59 Å². The molecule has 0 spiro atoms. The van der Waals surface area contributed by atoms with E-state index in [1.54, 1.807) is 6.08 Å². The molecule has 0 unspecified atom stereocenters. The molecule has 4 bridgehead atoms. The maximum atomic E-state index is 13.0. The second kappa shape index (κ2) is 7.53. The van der Waals surface area contributed by atoms with Gasteiger partial charge < -0.3 is 10.1 Å². The fourth-order valence-electron chi connectivity index (χ4n) is 5.87. The van der Waals surface area contributed by atoms with Gasteiger partial charge in [0.1, 0.15) is 5.70 Å². The number of amides is 1. The summed E-state index contributed by atoms with van der Waals surface area (Å²) in [4.78, 5) is 37.1. The Kier molecular flexibility index (Phi) is 5.09. The molecule has 1 N–H and O–H groups in total. The molecule has 1 aromatic carbocycles. The van der Waals surface area contributed by atoms with Crippen molar-refractivity contribution in [2.45, 2.75) is 45.4 Å². The fourth-order valence-corrected chi connectivity index (χ4v) is 5.87. The number of esters is 1. The lowest BCUT2D eigenvalue weighted by molar-refractivity contribution is -0.155. The van der Waals surface area contributed by atoms with E-state index in [-0.39, 0.29) is 29.4 Å². The Bertz CT molecular complexity index is 776. The summed E-state index contributed by atoms with van der Waals surface area (Å²) in [5.41, 5.74) is 0.541. The molecule has 1 aromatic rings. The number of ketones is 1. The van der Waals surface area contributed by atoms with Crippen LogP contribution in [0.5, 0.6) is 0 Å². The van der Waals surface area contributed by atoms with E-state index in [0.29, 0.717) is 17.8 Å². The van der Waals surface area contributed by atoms with E-state index in [1.807, 2.05) is 30.3 Å². The van der Waals surface area contributed by atoms with Gasteiger partial charge in [-0.25, -0.2) is 4.79 Å². The number of hydrogen-bond acceptors (Lipinski definition) is 4. The maximum absolute atomic E-state index is 13.0. The van der Waals surface area contributed by atoms with Crippen LogP contribution in [0.4, 0.5) is 0 Å². The van der Waals surface area contributed by atoms with Crippen LogP contribution in [0.15, 0.2) is 36.0 Å². The van der Waals surface area contributed by atoms with Crippen molar-refractivity contribution in [1.82, 2.24) is 5.32 Å². The summed E-state index contributed by atoms with van der Waals surface area (Å²) in [5.74, 6) is 1.03. The predicted octanol–water partition coefficient (Wildman–Crippen LogP) is 3.49. The first kappa shape index (κ1) is 18.9. The standard InChI is InChI=1S/C23H27NO4/c1-15(25)24-20(10-16-5-3-2-4-6-16)22(27)28-14-21(26)23-11-17-7-18(12-23)9-19(8-17)13-23/h2-6,10,17-19H,7-9,11-14H2,1H3,(H,24,25). The Balaban J connectivity index is 1.43. The molecular weight excluding hydrogens is 354 g/mol. The molecule has 0 radical (unpaired) electrons. The zero-order valence-electron chi connectivity index (χ0n) is 16.3. The van der Waals surface area contributed by atoms with Gasteiger partial charge in [0.25, 0.3) is 0 Å². The monoisotopic (exact) mass is 381 g/mol. The van der Waals surface area contributed by atoms with Crippen molar-refractivity contribution >= 4 is 23.7 Å². The lowest BCUT2D eigenvalue weighted by Crippen LogP contribution is -2.51. The van der Waals surface area contributed by atoms with Gasteiger partial charge in [-0.15, -0.1) is 0 Å². The smallest absolute Gasteiger partial charge is 0.355 e.